The summed E-state index contributed by atoms with van der Waals surface area (Å²) < 4.78 is 4.22. The third-order valence-corrected chi connectivity index (χ3v) is 5.03. The number of rotatable bonds is 4. The van der Waals surface area contributed by atoms with Gasteiger partial charge in [-0.15, -0.1) is 0 Å². The van der Waals surface area contributed by atoms with E-state index in [9.17, 15) is 9.59 Å². The Bertz CT molecular complexity index is 1020. The number of aryl methyl sites for hydroxylation is 1. The van der Waals surface area contributed by atoms with E-state index in [4.69, 9.17) is 0 Å². The summed E-state index contributed by atoms with van der Waals surface area (Å²) in [4.78, 5) is 31.1. The molecule has 3 aromatic rings. The molecule has 0 atom stereocenters. The zero-order valence-electron chi connectivity index (χ0n) is 13.5. The summed E-state index contributed by atoms with van der Waals surface area (Å²) in [6.45, 7) is 4.64. The molecule has 0 aliphatic carbocycles. The van der Waals surface area contributed by atoms with Crippen molar-refractivity contribution < 1.29 is 0 Å². The van der Waals surface area contributed by atoms with Crippen LogP contribution in [0, 0.1) is 0 Å². The van der Waals surface area contributed by atoms with Crippen molar-refractivity contribution >= 4 is 38.9 Å². The van der Waals surface area contributed by atoms with Crippen molar-refractivity contribution in [3.8, 4) is 0 Å². The molecule has 8 heteroatoms. The average Bonchev–Trinajstić information content (AvgIpc) is 2.83. The fraction of sp³-hybridized carbons (Fsp3) is 0.312. The monoisotopic (exact) mass is 408 g/mol. The fourth-order valence-electron chi connectivity index (χ4n) is 2.48. The zero-order valence-corrected chi connectivity index (χ0v) is 15.9. The minimum atomic E-state index is -0.458. The van der Waals surface area contributed by atoms with Crippen LogP contribution in [0.25, 0.3) is 11.2 Å². The van der Waals surface area contributed by atoms with E-state index in [1.54, 1.807) is 18.8 Å². The van der Waals surface area contributed by atoms with Gasteiger partial charge in [0, 0.05) is 16.8 Å². The highest BCUT2D eigenvalue weighted by molar-refractivity contribution is 9.10. The number of aromatic amines is 1. The molecule has 2 heterocycles. The zero-order chi connectivity index (χ0) is 17.4. The van der Waals surface area contributed by atoms with E-state index in [0.717, 1.165) is 15.2 Å². The molecule has 24 heavy (non-hydrogen) atoms. The molecule has 0 unspecified atom stereocenters. The molecule has 0 radical (unpaired) electrons. The van der Waals surface area contributed by atoms with E-state index in [-0.39, 0.29) is 0 Å². The standard InChI is InChI=1S/C16H17BrN4O2S/c1-9(2)24-16-18-13-12(14(22)19-15(23)20(13)3)21(16)8-10-5-4-6-11(17)7-10/h4-7,9H,8H2,1-3H3,(H,19,22,23). The molecule has 6 nitrogen and oxygen atoms in total. The molecule has 0 fully saturated rings. The number of thioether (sulfide) groups is 1. The lowest BCUT2D eigenvalue weighted by atomic mass is 10.2. The molecule has 0 bridgehead atoms. The Hall–Kier alpha value is -1.80. The molecule has 0 aliphatic rings. The summed E-state index contributed by atoms with van der Waals surface area (Å²) in [5, 5.41) is 1.03. The highest BCUT2D eigenvalue weighted by Gasteiger charge is 2.18. The van der Waals surface area contributed by atoms with Crippen LogP contribution < -0.4 is 11.2 Å². The number of nitrogens with zero attached hydrogens (tertiary/aromatic N) is 3. The number of H-pyrrole nitrogens is 1. The molecule has 1 N–H and O–H groups in total. The molecule has 2 aromatic heterocycles. The first kappa shape index (κ1) is 17.0. The van der Waals surface area contributed by atoms with Gasteiger partial charge in [-0.05, 0) is 17.7 Å². The van der Waals surface area contributed by atoms with Crippen molar-refractivity contribution in [1.82, 2.24) is 19.1 Å². The van der Waals surface area contributed by atoms with Crippen LogP contribution in [-0.2, 0) is 13.6 Å². The smallest absolute Gasteiger partial charge is 0.309 e. The van der Waals surface area contributed by atoms with Crippen molar-refractivity contribution in [2.75, 3.05) is 0 Å². The van der Waals surface area contributed by atoms with E-state index < -0.39 is 11.2 Å². The normalized spacial score (nSPS) is 11.5. The lowest BCUT2D eigenvalue weighted by Gasteiger charge is -2.10. The molecule has 0 saturated heterocycles. The second-order valence-corrected chi connectivity index (χ2v) is 8.23. The maximum atomic E-state index is 12.4. The van der Waals surface area contributed by atoms with Crippen LogP contribution in [0.3, 0.4) is 0 Å². The van der Waals surface area contributed by atoms with Gasteiger partial charge in [-0.1, -0.05) is 53.7 Å². The van der Waals surface area contributed by atoms with Crippen LogP contribution in [0.4, 0.5) is 0 Å². The van der Waals surface area contributed by atoms with Crippen molar-refractivity contribution in [2.45, 2.75) is 30.8 Å². The van der Waals surface area contributed by atoms with E-state index in [2.05, 4.69) is 39.7 Å². The minimum Gasteiger partial charge on any atom is -0.309 e. The Labute approximate surface area is 151 Å². The van der Waals surface area contributed by atoms with Crippen LogP contribution >= 0.6 is 27.7 Å². The molecular weight excluding hydrogens is 392 g/mol. The number of hydrogen-bond donors (Lipinski definition) is 1. The van der Waals surface area contributed by atoms with Crippen molar-refractivity contribution in [1.29, 1.82) is 0 Å². The Balaban J connectivity index is 2.25. The molecule has 1 aromatic carbocycles. The fourth-order valence-corrected chi connectivity index (χ4v) is 3.77. The summed E-state index contributed by atoms with van der Waals surface area (Å²) in [6.07, 6.45) is 0. The summed E-state index contributed by atoms with van der Waals surface area (Å²) in [5.74, 6) is 0. The van der Waals surface area contributed by atoms with E-state index in [1.807, 2.05) is 28.8 Å². The second kappa shape index (κ2) is 6.60. The lowest BCUT2D eigenvalue weighted by molar-refractivity contribution is 0.726. The number of imidazole rings is 1. The van der Waals surface area contributed by atoms with Gasteiger partial charge in [-0.25, -0.2) is 9.78 Å². The molecule has 3 rings (SSSR count). The van der Waals surface area contributed by atoms with Crippen LogP contribution in [0.2, 0.25) is 0 Å². The van der Waals surface area contributed by atoms with Gasteiger partial charge in [-0.2, -0.15) is 0 Å². The van der Waals surface area contributed by atoms with Gasteiger partial charge in [0.1, 0.15) is 0 Å². The predicted octanol–water partition coefficient (Wildman–Crippen LogP) is 2.73. The topological polar surface area (TPSA) is 72.7 Å². The molecule has 126 valence electrons. The lowest BCUT2D eigenvalue weighted by Crippen LogP contribution is -2.29. The summed E-state index contributed by atoms with van der Waals surface area (Å²) in [7, 11) is 1.61. The van der Waals surface area contributed by atoms with Gasteiger partial charge in [0.2, 0.25) is 0 Å². The molecular formula is C16H17BrN4O2S. The van der Waals surface area contributed by atoms with Crippen LogP contribution in [0.1, 0.15) is 19.4 Å². The average molecular weight is 409 g/mol. The Morgan fingerprint density at radius 1 is 1.33 bits per heavy atom. The van der Waals surface area contributed by atoms with Gasteiger partial charge >= 0.3 is 5.69 Å². The maximum Gasteiger partial charge on any atom is 0.329 e. The number of halogens is 1. The largest absolute Gasteiger partial charge is 0.329 e. The minimum absolute atomic E-state index is 0.305. The van der Waals surface area contributed by atoms with Gasteiger partial charge < -0.3 is 4.57 Å². The van der Waals surface area contributed by atoms with Gasteiger partial charge in [-0.3, -0.25) is 14.3 Å². The second-order valence-electron chi connectivity index (χ2n) is 5.77. The van der Waals surface area contributed by atoms with Gasteiger partial charge in [0.05, 0.1) is 6.54 Å². The van der Waals surface area contributed by atoms with Crippen molar-refractivity contribution in [3.05, 3.63) is 55.1 Å². The molecule has 0 aliphatic heterocycles. The molecule has 0 saturated carbocycles. The summed E-state index contributed by atoms with van der Waals surface area (Å²) in [6, 6.07) is 7.91. The SMILES string of the molecule is CC(C)Sc1nc2c(c(=O)[nH]c(=O)n2C)n1Cc1cccc(Br)c1. The number of aromatic nitrogens is 4. The van der Waals surface area contributed by atoms with E-state index >= 15 is 0 Å². The first-order valence-corrected chi connectivity index (χ1v) is 9.14. The predicted molar refractivity (Wildman–Crippen MR) is 99.8 cm³/mol. The van der Waals surface area contributed by atoms with Crippen LogP contribution in [-0.4, -0.2) is 24.4 Å². The Kier molecular flexibility index (Phi) is 4.69. The van der Waals surface area contributed by atoms with E-state index in [0.29, 0.717) is 23.0 Å². The molecule has 0 spiro atoms. The first-order valence-electron chi connectivity index (χ1n) is 7.47. The van der Waals surface area contributed by atoms with Crippen LogP contribution in [0.5, 0.6) is 0 Å². The Morgan fingerprint density at radius 3 is 2.75 bits per heavy atom. The van der Waals surface area contributed by atoms with Crippen LogP contribution in [0.15, 0.2) is 43.5 Å². The first-order chi connectivity index (χ1) is 11.4. The third kappa shape index (κ3) is 3.21. The number of benzene rings is 1. The third-order valence-electron chi connectivity index (χ3n) is 3.54. The Morgan fingerprint density at radius 2 is 2.08 bits per heavy atom. The maximum absolute atomic E-state index is 12.4. The highest BCUT2D eigenvalue weighted by atomic mass is 79.9. The molecule has 0 amide bonds. The quantitative estimate of drug-likeness (QED) is 0.673. The summed E-state index contributed by atoms with van der Waals surface area (Å²) in [5.41, 5.74) is 0.997. The number of hydrogen-bond acceptors (Lipinski definition) is 4. The summed E-state index contributed by atoms with van der Waals surface area (Å²) >= 11 is 5.04. The van der Waals surface area contributed by atoms with Gasteiger partial charge in [0.15, 0.2) is 16.3 Å². The van der Waals surface area contributed by atoms with Crippen molar-refractivity contribution in [3.63, 3.8) is 0 Å². The van der Waals surface area contributed by atoms with E-state index in [1.165, 1.54) is 4.57 Å². The highest BCUT2D eigenvalue weighted by Crippen LogP contribution is 2.26. The van der Waals surface area contributed by atoms with Crippen molar-refractivity contribution in [2.24, 2.45) is 7.05 Å². The number of fused-ring (bicyclic) bond motifs is 1. The van der Waals surface area contributed by atoms with Gasteiger partial charge in [0.25, 0.3) is 5.56 Å². The number of nitrogens with one attached hydrogen (secondary N) is 1.